The van der Waals surface area contributed by atoms with Crippen LogP contribution < -0.4 is 10.1 Å². The molecule has 21 heavy (non-hydrogen) atoms. The zero-order valence-corrected chi connectivity index (χ0v) is 12.3. The van der Waals surface area contributed by atoms with Gasteiger partial charge in [-0.2, -0.15) is 0 Å². The fourth-order valence-electron chi connectivity index (χ4n) is 1.81. The fraction of sp³-hybridized carbons (Fsp3) is 0.375. The van der Waals surface area contributed by atoms with Gasteiger partial charge in [0.1, 0.15) is 0 Å². The van der Waals surface area contributed by atoms with E-state index in [1.54, 1.807) is 18.5 Å². The molecule has 2 rings (SSSR count). The van der Waals surface area contributed by atoms with Crippen molar-refractivity contribution in [3.8, 4) is 5.88 Å². The van der Waals surface area contributed by atoms with Crippen LogP contribution in [0.2, 0.25) is 0 Å². The Bertz CT molecular complexity index is 561. The molecule has 0 saturated carbocycles. The predicted molar refractivity (Wildman–Crippen MR) is 79.6 cm³/mol. The number of nitrogens with one attached hydrogen (secondary N) is 1. The molecule has 0 bridgehead atoms. The van der Waals surface area contributed by atoms with Crippen molar-refractivity contribution in [3.63, 3.8) is 0 Å². The van der Waals surface area contributed by atoms with Crippen LogP contribution >= 0.6 is 0 Å². The highest BCUT2D eigenvalue weighted by atomic mass is 19.1. The van der Waals surface area contributed by atoms with Crippen LogP contribution in [-0.2, 0) is 13.0 Å². The Morgan fingerprint density at radius 1 is 1.19 bits per heavy atom. The lowest BCUT2D eigenvalue weighted by molar-refractivity contribution is 0.289. The first-order valence-electron chi connectivity index (χ1n) is 7.06. The molecular weight excluding hydrogens is 269 g/mol. The molecule has 0 aliphatic carbocycles. The van der Waals surface area contributed by atoms with Crippen molar-refractivity contribution < 1.29 is 9.13 Å². The molecule has 0 aliphatic rings. The Balaban J connectivity index is 1.92. The van der Waals surface area contributed by atoms with Gasteiger partial charge in [-0.3, -0.25) is 4.98 Å². The smallest absolute Gasteiger partial charge is 0.250 e. The van der Waals surface area contributed by atoms with Gasteiger partial charge in [-0.1, -0.05) is 19.9 Å². The summed E-state index contributed by atoms with van der Waals surface area (Å²) >= 11 is 0. The Morgan fingerprint density at radius 2 is 2.05 bits per heavy atom. The van der Waals surface area contributed by atoms with E-state index in [2.05, 4.69) is 15.3 Å². The van der Waals surface area contributed by atoms with Gasteiger partial charge in [-0.05, 0) is 18.2 Å². The van der Waals surface area contributed by atoms with Gasteiger partial charge in [0.15, 0.2) is 5.82 Å². The molecule has 0 radical (unpaired) electrons. The molecule has 5 heteroatoms. The maximum absolute atomic E-state index is 14.2. The molecule has 0 spiro atoms. The quantitative estimate of drug-likeness (QED) is 0.851. The van der Waals surface area contributed by atoms with E-state index in [0.717, 1.165) is 5.69 Å². The van der Waals surface area contributed by atoms with E-state index in [1.165, 1.54) is 0 Å². The second kappa shape index (κ2) is 7.69. The first-order valence-corrected chi connectivity index (χ1v) is 7.06. The lowest BCUT2D eigenvalue weighted by Crippen LogP contribution is -2.22. The van der Waals surface area contributed by atoms with Crippen LogP contribution in [0.25, 0.3) is 0 Å². The minimum absolute atomic E-state index is 0.0500. The number of halogens is 1. The Morgan fingerprint density at radius 3 is 2.76 bits per heavy atom. The molecule has 2 heterocycles. The molecule has 0 aliphatic heterocycles. The third-order valence-corrected chi connectivity index (χ3v) is 2.96. The van der Waals surface area contributed by atoms with E-state index in [-0.39, 0.29) is 5.88 Å². The van der Waals surface area contributed by atoms with Gasteiger partial charge >= 0.3 is 0 Å². The molecule has 0 fully saturated rings. The standard InChI is InChI=1S/C16H20FN3O/c1-12(2)20-11-13-6-9-19-16(15(13)17)21-10-7-14-5-3-4-8-18-14/h3-6,8-9,12,20H,7,10-11H2,1-2H3. The molecule has 1 N–H and O–H groups in total. The average Bonchev–Trinajstić information content (AvgIpc) is 2.49. The van der Waals surface area contributed by atoms with E-state index < -0.39 is 5.82 Å². The number of rotatable bonds is 7. The highest BCUT2D eigenvalue weighted by Gasteiger charge is 2.11. The number of hydrogen-bond acceptors (Lipinski definition) is 4. The molecule has 112 valence electrons. The van der Waals surface area contributed by atoms with Gasteiger partial charge in [0.2, 0.25) is 0 Å². The summed E-state index contributed by atoms with van der Waals surface area (Å²) in [6.07, 6.45) is 3.92. The summed E-state index contributed by atoms with van der Waals surface area (Å²) in [5, 5.41) is 3.18. The Kier molecular flexibility index (Phi) is 5.63. The Hall–Kier alpha value is -2.01. The van der Waals surface area contributed by atoms with Crippen LogP contribution in [0.4, 0.5) is 4.39 Å². The van der Waals surface area contributed by atoms with E-state index in [9.17, 15) is 4.39 Å². The van der Waals surface area contributed by atoms with E-state index in [1.807, 2.05) is 32.0 Å². The number of pyridine rings is 2. The van der Waals surface area contributed by atoms with Gasteiger partial charge in [0.05, 0.1) is 6.61 Å². The largest absolute Gasteiger partial charge is 0.475 e. The SMILES string of the molecule is CC(C)NCc1ccnc(OCCc2ccccn2)c1F. The molecule has 0 saturated heterocycles. The maximum Gasteiger partial charge on any atom is 0.250 e. The number of hydrogen-bond donors (Lipinski definition) is 1. The fourth-order valence-corrected chi connectivity index (χ4v) is 1.81. The van der Waals surface area contributed by atoms with Crippen LogP contribution in [0, 0.1) is 5.82 Å². The lowest BCUT2D eigenvalue weighted by atomic mass is 10.2. The summed E-state index contributed by atoms with van der Waals surface area (Å²) in [5.74, 6) is -0.347. The second-order valence-corrected chi connectivity index (χ2v) is 5.04. The summed E-state index contributed by atoms with van der Waals surface area (Å²) in [5.41, 5.74) is 1.47. The topological polar surface area (TPSA) is 47.0 Å². The van der Waals surface area contributed by atoms with Crippen LogP contribution in [0.1, 0.15) is 25.1 Å². The highest BCUT2D eigenvalue weighted by Crippen LogP contribution is 2.17. The highest BCUT2D eigenvalue weighted by molar-refractivity contribution is 5.23. The van der Waals surface area contributed by atoms with Crippen molar-refractivity contribution in [2.45, 2.75) is 32.9 Å². The van der Waals surface area contributed by atoms with Crippen LogP contribution in [0.3, 0.4) is 0 Å². The van der Waals surface area contributed by atoms with Crippen molar-refractivity contribution in [2.75, 3.05) is 6.61 Å². The summed E-state index contributed by atoms with van der Waals surface area (Å²) < 4.78 is 19.6. The monoisotopic (exact) mass is 289 g/mol. The van der Waals surface area contributed by atoms with E-state index in [4.69, 9.17) is 4.74 Å². The maximum atomic E-state index is 14.2. The average molecular weight is 289 g/mol. The van der Waals surface area contributed by atoms with E-state index in [0.29, 0.717) is 31.2 Å². The molecule has 0 amide bonds. The molecule has 2 aromatic heterocycles. The van der Waals surface area contributed by atoms with Crippen LogP contribution in [-0.4, -0.2) is 22.6 Å². The van der Waals surface area contributed by atoms with Gasteiger partial charge in [0, 0.05) is 42.7 Å². The number of nitrogens with zero attached hydrogens (tertiary/aromatic N) is 2. The number of aromatic nitrogens is 2. The van der Waals surface area contributed by atoms with Crippen molar-refractivity contribution in [3.05, 3.63) is 53.7 Å². The minimum atomic E-state index is -0.397. The molecule has 0 aromatic carbocycles. The third-order valence-electron chi connectivity index (χ3n) is 2.96. The Labute approximate surface area is 124 Å². The normalized spacial score (nSPS) is 10.9. The summed E-state index contributed by atoms with van der Waals surface area (Å²) in [6.45, 7) is 4.84. The third kappa shape index (κ3) is 4.79. The molecule has 4 nitrogen and oxygen atoms in total. The lowest BCUT2D eigenvalue weighted by Gasteiger charge is -2.11. The predicted octanol–water partition coefficient (Wildman–Crippen LogP) is 2.74. The first-order chi connectivity index (χ1) is 10.2. The zero-order chi connectivity index (χ0) is 15.1. The van der Waals surface area contributed by atoms with Crippen LogP contribution in [0.5, 0.6) is 5.88 Å². The molecular formula is C16H20FN3O. The summed E-state index contributed by atoms with van der Waals surface area (Å²) in [4.78, 5) is 8.15. The van der Waals surface area contributed by atoms with Gasteiger partial charge < -0.3 is 10.1 Å². The summed E-state index contributed by atoms with van der Waals surface area (Å²) in [6, 6.07) is 7.65. The molecule has 2 aromatic rings. The van der Waals surface area contributed by atoms with Gasteiger partial charge in [-0.15, -0.1) is 0 Å². The van der Waals surface area contributed by atoms with Crippen molar-refractivity contribution in [1.29, 1.82) is 0 Å². The van der Waals surface area contributed by atoms with Gasteiger partial charge in [0.25, 0.3) is 5.88 Å². The van der Waals surface area contributed by atoms with Crippen molar-refractivity contribution in [1.82, 2.24) is 15.3 Å². The summed E-state index contributed by atoms with van der Waals surface area (Å²) in [7, 11) is 0. The van der Waals surface area contributed by atoms with Crippen molar-refractivity contribution in [2.24, 2.45) is 0 Å². The van der Waals surface area contributed by atoms with Crippen molar-refractivity contribution >= 4 is 0 Å². The van der Waals surface area contributed by atoms with E-state index >= 15 is 0 Å². The number of ether oxygens (including phenoxy) is 1. The zero-order valence-electron chi connectivity index (χ0n) is 12.3. The second-order valence-electron chi connectivity index (χ2n) is 5.04. The minimum Gasteiger partial charge on any atom is -0.475 e. The van der Waals surface area contributed by atoms with Gasteiger partial charge in [-0.25, -0.2) is 9.37 Å². The first kappa shape index (κ1) is 15.4. The molecule has 0 unspecified atom stereocenters. The van der Waals surface area contributed by atoms with Crippen LogP contribution in [0.15, 0.2) is 36.7 Å². The molecule has 0 atom stereocenters.